The number of aliphatic hydroxyl groups excluding tert-OH is 1. The van der Waals surface area contributed by atoms with E-state index >= 15 is 0 Å². The third-order valence-electron chi connectivity index (χ3n) is 3.82. The molecule has 1 aliphatic heterocycles. The molecular weight excluding hydrogens is 280 g/mol. The van der Waals surface area contributed by atoms with Crippen LogP contribution in [0.25, 0.3) is 0 Å². The lowest BCUT2D eigenvalue weighted by Gasteiger charge is -2.41. The number of benzene rings is 1. The standard InChI is InChI=1S/C17H26N2O3/c1-16(2,3)22-15(21)17(9-10-18-12-14(17)20)19-11-13-7-5-4-6-8-13/h4-8,14,18-20H,9-12H2,1-3H3/t14-,17-/m0/s1. The van der Waals surface area contributed by atoms with Gasteiger partial charge in [0.1, 0.15) is 11.1 Å². The zero-order valence-electron chi connectivity index (χ0n) is 13.6. The van der Waals surface area contributed by atoms with E-state index in [0.29, 0.717) is 26.1 Å². The zero-order valence-corrected chi connectivity index (χ0v) is 13.6. The van der Waals surface area contributed by atoms with Crippen molar-refractivity contribution in [3.63, 3.8) is 0 Å². The Labute approximate surface area is 132 Å². The van der Waals surface area contributed by atoms with E-state index in [4.69, 9.17) is 4.74 Å². The number of carbonyl (C=O) groups excluding carboxylic acids is 1. The van der Waals surface area contributed by atoms with Gasteiger partial charge in [-0.1, -0.05) is 30.3 Å². The first-order chi connectivity index (χ1) is 10.3. The van der Waals surface area contributed by atoms with E-state index in [9.17, 15) is 9.90 Å². The van der Waals surface area contributed by atoms with Gasteiger partial charge in [0, 0.05) is 13.1 Å². The molecule has 2 rings (SSSR count). The number of hydrogen-bond acceptors (Lipinski definition) is 5. The summed E-state index contributed by atoms with van der Waals surface area (Å²) in [5, 5.41) is 16.8. The maximum absolute atomic E-state index is 12.7. The molecule has 3 N–H and O–H groups in total. The molecule has 1 aromatic carbocycles. The second-order valence-electron chi connectivity index (χ2n) is 6.78. The first-order valence-electron chi connectivity index (χ1n) is 7.75. The summed E-state index contributed by atoms with van der Waals surface area (Å²) in [4.78, 5) is 12.7. The molecule has 1 aliphatic rings. The lowest BCUT2D eigenvalue weighted by molar-refractivity contribution is -0.170. The van der Waals surface area contributed by atoms with Gasteiger partial charge in [-0.3, -0.25) is 5.32 Å². The third-order valence-corrected chi connectivity index (χ3v) is 3.82. The minimum absolute atomic E-state index is 0.376. The predicted octanol–water partition coefficient (Wildman–Crippen LogP) is 1.21. The fourth-order valence-corrected chi connectivity index (χ4v) is 2.61. The SMILES string of the molecule is CC(C)(C)OC(=O)[C@]1(NCc2ccccc2)CCNC[C@@H]1O. The number of carbonyl (C=O) groups is 1. The number of β-amino-alcohol motifs (C(OH)–C–C–N with tert-alkyl or cyclic N) is 1. The van der Waals surface area contributed by atoms with Crippen molar-refractivity contribution in [3.8, 4) is 0 Å². The molecule has 1 fully saturated rings. The van der Waals surface area contributed by atoms with Crippen LogP contribution in [-0.4, -0.2) is 41.4 Å². The molecule has 1 heterocycles. The van der Waals surface area contributed by atoms with E-state index in [1.807, 2.05) is 51.1 Å². The highest BCUT2D eigenvalue weighted by atomic mass is 16.6. The number of rotatable bonds is 4. The van der Waals surface area contributed by atoms with Crippen LogP contribution < -0.4 is 10.6 Å². The quantitative estimate of drug-likeness (QED) is 0.730. The summed E-state index contributed by atoms with van der Waals surface area (Å²) in [5.41, 5.74) is -0.575. The highest BCUT2D eigenvalue weighted by Gasteiger charge is 2.48. The van der Waals surface area contributed by atoms with E-state index in [2.05, 4.69) is 10.6 Å². The number of ether oxygens (including phenoxy) is 1. The van der Waals surface area contributed by atoms with Crippen LogP contribution in [0.5, 0.6) is 0 Å². The van der Waals surface area contributed by atoms with Crippen LogP contribution in [0.3, 0.4) is 0 Å². The Kier molecular flexibility index (Phi) is 5.21. The molecule has 22 heavy (non-hydrogen) atoms. The van der Waals surface area contributed by atoms with Crippen molar-refractivity contribution in [2.45, 2.75) is 51.0 Å². The second-order valence-corrected chi connectivity index (χ2v) is 6.78. The highest BCUT2D eigenvalue weighted by molar-refractivity contribution is 5.82. The van der Waals surface area contributed by atoms with Crippen molar-refractivity contribution < 1.29 is 14.6 Å². The Morgan fingerprint density at radius 3 is 2.68 bits per heavy atom. The van der Waals surface area contributed by atoms with Crippen LogP contribution in [0.15, 0.2) is 30.3 Å². The van der Waals surface area contributed by atoms with Crippen LogP contribution in [0.2, 0.25) is 0 Å². The van der Waals surface area contributed by atoms with Crippen molar-refractivity contribution in [1.82, 2.24) is 10.6 Å². The molecule has 0 bridgehead atoms. The summed E-state index contributed by atoms with van der Waals surface area (Å²) < 4.78 is 5.55. The molecular formula is C17H26N2O3. The molecule has 0 saturated carbocycles. The summed E-state index contributed by atoms with van der Waals surface area (Å²) in [6.07, 6.45) is -0.324. The topological polar surface area (TPSA) is 70.6 Å². The number of aliphatic hydroxyl groups is 1. The fraction of sp³-hybridized carbons (Fsp3) is 0.588. The fourth-order valence-electron chi connectivity index (χ4n) is 2.61. The van der Waals surface area contributed by atoms with Crippen LogP contribution in [-0.2, 0) is 16.1 Å². The van der Waals surface area contributed by atoms with Crippen LogP contribution in [0, 0.1) is 0 Å². The molecule has 2 atom stereocenters. The maximum Gasteiger partial charge on any atom is 0.329 e. The first kappa shape index (κ1) is 16.9. The summed E-state index contributed by atoms with van der Waals surface area (Å²) >= 11 is 0. The molecule has 0 amide bonds. The molecule has 0 aliphatic carbocycles. The van der Waals surface area contributed by atoms with Gasteiger partial charge in [0.2, 0.25) is 0 Å². The molecule has 0 radical (unpaired) electrons. The highest BCUT2D eigenvalue weighted by Crippen LogP contribution is 2.24. The van der Waals surface area contributed by atoms with E-state index in [1.54, 1.807) is 0 Å². The predicted molar refractivity (Wildman–Crippen MR) is 85.4 cm³/mol. The van der Waals surface area contributed by atoms with Gasteiger partial charge in [-0.2, -0.15) is 0 Å². The minimum Gasteiger partial charge on any atom is -0.459 e. The first-order valence-corrected chi connectivity index (χ1v) is 7.75. The number of nitrogens with one attached hydrogen (secondary N) is 2. The van der Waals surface area contributed by atoms with Crippen molar-refractivity contribution in [2.75, 3.05) is 13.1 Å². The largest absolute Gasteiger partial charge is 0.459 e. The van der Waals surface area contributed by atoms with Gasteiger partial charge in [-0.15, -0.1) is 0 Å². The minimum atomic E-state index is -1.06. The Balaban J connectivity index is 2.16. The Morgan fingerprint density at radius 1 is 1.41 bits per heavy atom. The van der Waals surface area contributed by atoms with Gasteiger partial charge in [0.05, 0.1) is 6.10 Å². The van der Waals surface area contributed by atoms with Crippen LogP contribution >= 0.6 is 0 Å². The van der Waals surface area contributed by atoms with Crippen LogP contribution in [0.4, 0.5) is 0 Å². The molecule has 5 heteroatoms. The van der Waals surface area contributed by atoms with Gasteiger partial charge in [0.25, 0.3) is 0 Å². The lowest BCUT2D eigenvalue weighted by Crippen LogP contribution is -2.67. The van der Waals surface area contributed by atoms with Crippen molar-refractivity contribution in [1.29, 1.82) is 0 Å². The van der Waals surface area contributed by atoms with E-state index in [-0.39, 0.29) is 5.97 Å². The maximum atomic E-state index is 12.7. The Hall–Kier alpha value is -1.43. The summed E-state index contributed by atoms with van der Waals surface area (Å²) in [6, 6.07) is 9.84. The molecule has 0 unspecified atom stereocenters. The normalized spacial score (nSPS) is 25.7. The second kappa shape index (κ2) is 6.77. The van der Waals surface area contributed by atoms with E-state index in [1.165, 1.54) is 0 Å². The molecule has 1 saturated heterocycles. The van der Waals surface area contributed by atoms with Crippen molar-refractivity contribution >= 4 is 5.97 Å². The molecule has 122 valence electrons. The molecule has 0 spiro atoms. The number of piperidine rings is 1. The Bertz CT molecular complexity index is 498. The van der Waals surface area contributed by atoms with Gasteiger partial charge in [0.15, 0.2) is 0 Å². The van der Waals surface area contributed by atoms with Crippen LogP contribution in [0.1, 0.15) is 32.8 Å². The molecule has 5 nitrogen and oxygen atoms in total. The lowest BCUT2D eigenvalue weighted by atomic mass is 9.85. The van der Waals surface area contributed by atoms with E-state index < -0.39 is 17.2 Å². The Morgan fingerprint density at radius 2 is 2.09 bits per heavy atom. The van der Waals surface area contributed by atoms with Crippen molar-refractivity contribution in [2.24, 2.45) is 0 Å². The summed E-state index contributed by atoms with van der Waals surface area (Å²) in [7, 11) is 0. The molecule has 0 aromatic heterocycles. The van der Waals surface area contributed by atoms with Crippen molar-refractivity contribution in [3.05, 3.63) is 35.9 Å². The summed E-state index contributed by atoms with van der Waals surface area (Å²) in [5.74, 6) is -0.384. The zero-order chi connectivity index (χ0) is 16.2. The van der Waals surface area contributed by atoms with Gasteiger partial charge in [-0.05, 0) is 39.3 Å². The van der Waals surface area contributed by atoms with E-state index in [0.717, 1.165) is 5.56 Å². The number of esters is 1. The molecule has 1 aromatic rings. The van der Waals surface area contributed by atoms with Gasteiger partial charge in [-0.25, -0.2) is 4.79 Å². The average molecular weight is 306 g/mol. The summed E-state index contributed by atoms with van der Waals surface area (Å²) in [6.45, 7) is 7.06. The van der Waals surface area contributed by atoms with Gasteiger partial charge >= 0.3 is 5.97 Å². The third kappa shape index (κ3) is 4.06. The van der Waals surface area contributed by atoms with Gasteiger partial charge < -0.3 is 15.2 Å². The monoisotopic (exact) mass is 306 g/mol. The smallest absolute Gasteiger partial charge is 0.329 e. The average Bonchev–Trinajstić information content (AvgIpc) is 2.46. The number of hydrogen-bond donors (Lipinski definition) is 3.